The molecule has 2 aromatic heterocycles. The normalized spacial score (nSPS) is 23.1. The Morgan fingerprint density at radius 1 is 1.25 bits per heavy atom. The highest BCUT2D eigenvalue weighted by Gasteiger charge is 2.30. The average Bonchev–Trinajstić information content (AvgIpc) is 2.99. The molecule has 1 aliphatic carbocycles. The van der Waals surface area contributed by atoms with Crippen LogP contribution in [0.5, 0.6) is 0 Å². The molecule has 6 nitrogen and oxygen atoms in total. The SMILES string of the molecule is CN(C)[C@H]1CCN(c2cc(C3CC3)nn3cnnc23)C1. The lowest BCUT2D eigenvalue weighted by atomic mass is 10.2. The number of nitrogens with zero attached hydrogens (tertiary/aromatic N) is 6. The number of hydrogen-bond donors (Lipinski definition) is 0. The number of likely N-dealkylation sites (N-methyl/N-ethyl adjacent to an activating group) is 1. The lowest BCUT2D eigenvalue weighted by molar-refractivity contribution is 0.315. The number of fused-ring (bicyclic) bond motifs is 1. The Bertz CT molecular complexity index is 630. The minimum Gasteiger partial charge on any atom is -0.367 e. The van der Waals surface area contributed by atoms with Gasteiger partial charge in [0.15, 0.2) is 0 Å². The van der Waals surface area contributed by atoms with Crippen molar-refractivity contribution in [2.24, 2.45) is 0 Å². The molecule has 20 heavy (non-hydrogen) atoms. The van der Waals surface area contributed by atoms with E-state index in [1.807, 2.05) is 4.52 Å². The maximum absolute atomic E-state index is 4.64. The summed E-state index contributed by atoms with van der Waals surface area (Å²) in [6.45, 7) is 2.14. The maximum atomic E-state index is 4.64. The molecule has 0 spiro atoms. The summed E-state index contributed by atoms with van der Waals surface area (Å²) >= 11 is 0. The lowest BCUT2D eigenvalue weighted by Crippen LogP contribution is -2.31. The summed E-state index contributed by atoms with van der Waals surface area (Å²) in [4.78, 5) is 4.74. The molecule has 1 saturated heterocycles. The standard InChI is InChI=1S/C14H20N6/c1-18(2)11-5-6-19(8-11)13-7-12(10-3-4-10)17-20-9-15-16-14(13)20/h7,9-11H,3-6,8H2,1-2H3/t11-/m0/s1. The van der Waals surface area contributed by atoms with Gasteiger partial charge < -0.3 is 9.80 Å². The summed E-state index contributed by atoms with van der Waals surface area (Å²) in [5.74, 6) is 0.646. The topological polar surface area (TPSA) is 49.6 Å². The first kappa shape index (κ1) is 12.1. The third-order valence-electron chi connectivity index (χ3n) is 4.50. The van der Waals surface area contributed by atoms with Crippen LogP contribution in [-0.2, 0) is 0 Å². The molecule has 1 atom stereocenters. The van der Waals surface area contributed by atoms with Gasteiger partial charge in [-0.3, -0.25) is 0 Å². The average molecular weight is 272 g/mol. The van der Waals surface area contributed by atoms with Crippen molar-refractivity contribution < 1.29 is 0 Å². The minimum atomic E-state index is 0.621. The highest BCUT2D eigenvalue weighted by Crippen LogP contribution is 2.40. The van der Waals surface area contributed by atoms with Gasteiger partial charge in [-0.05, 0) is 39.4 Å². The predicted octanol–water partition coefficient (Wildman–Crippen LogP) is 1.14. The largest absolute Gasteiger partial charge is 0.367 e. The number of rotatable bonds is 3. The van der Waals surface area contributed by atoms with Crippen molar-refractivity contribution in [2.75, 3.05) is 32.1 Å². The van der Waals surface area contributed by atoms with E-state index in [1.165, 1.54) is 30.6 Å². The molecule has 0 aromatic carbocycles. The zero-order valence-electron chi connectivity index (χ0n) is 12.0. The second-order valence-electron chi connectivity index (χ2n) is 6.18. The molecule has 3 heterocycles. The predicted molar refractivity (Wildman–Crippen MR) is 77.1 cm³/mol. The summed E-state index contributed by atoms with van der Waals surface area (Å²) in [5, 5.41) is 12.9. The Labute approximate surface area is 118 Å². The van der Waals surface area contributed by atoms with Gasteiger partial charge in [0.1, 0.15) is 6.33 Å². The first-order valence-corrected chi connectivity index (χ1v) is 7.34. The molecule has 0 amide bonds. The van der Waals surface area contributed by atoms with Crippen molar-refractivity contribution in [1.29, 1.82) is 0 Å². The summed E-state index contributed by atoms with van der Waals surface area (Å²) in [5.41, 5.74) is 3.28. The first-order chi connectivity index (χ1) is 9.72. The highest BCUT2D eigenvalue weighted by atomic mass is 15.4. The Hall–Kier alpha value is -1.69. The van der Waals surface area contributed by atoms with E-state index in [0.717, 1.165) is 18.7 Å². The van der Waals surface area contributed by atoms with Crippen LogP contribution in [0.3, 0.4) is 0 Å². The van der Waals surface area contributed by atoms with E-state index in [-0.39, 0.29) is 0 Å². The fourth-order valence-corrected chi connectivity index (χ4v) is 3.02. The lowest BCUT2D eigenvalue weighted by Gasteiger charge is -2.22. The molecule has 0 radical (unpaired) electrons. The van der Waals surface area contributed by atoms with Crippen LogP contribution in [0.4, 0.5) is 5.69 Å². The van der Waals surface area contributed by atoms with Gasteiger partial charge in [0.05, 0.1) is 11.4 Å². The van der Waals surface area contributed by atoms with Crippen molar-refractivity contribution in [3.8, 4) is 0 Å². The summed E-state index contributed by atoms with van der Waals surface area (Å²) in [6, 6.07) is 2.86. The Balaban J connectivity index is 1.73. The van der Waals surface area contributed by atoms with Crippen LogP contribution in [0.25, 0.3) is 5.65 Å². The maximum Gasteiger partial charge on any atom is 0.200 e. The molecule has 2 aromatic rings. The van der Waals surface area contributed by atoms with Gasteiger partial charge in [-0.2, -0.15) is 9.61 Å². The van der Waals surface area contributed by atoms with E-state index < -0.39 is 0 Å². The Morgan fingerprint density at radius 3 is 2.80 bits per heavy atom. The van der Waals surface area contributed by atoms with E-state index in [4.69, 9.17) is 0 Å². The van der Waals surface area contributed by atoms with Gasteiger partial charge in [-0.25, -0.2) is 0 Å². The van der Waals surface area contributed by atoms with E-state index in [0.29, 0.717) is 12.0 Å². The van der Waals surface area contributed by atoms with Crippen LogP contribution in [0.1, 0.15) is 30.9 Å². The summed E-state index contributed by atoms with van der Waals surface area (Å²) in [6.07, 6.45) is 5.44. The molecule has 0 unspecified atom stereocenters. The fraction of sp³-hybridized carbons (Fsp3) is 0.643. The molecule has 2 aliphatic rings. The van der Waals surface area contributed by atoms with Gasteiger partial charge in [-0.1, -0.05) is 0 Å². The van der Waals surface area contributed by atoms with Crippen molar-refractivity contribution in [3.05, 3.63) is 18.1 Å². The number of aromatic nitrogens is 4. The fourth-order valence-electron chi connectivity index (χ4n) is 3.02. The van der Waals surface area contributed by atoms with Gasteiger partial charge >= 0.3 is 0 Å². The Kier molecular flexibility index (Phi) is 2.66. The van der Waals surface area contributed by atoms with Crippen LogP contribution in [0.15, 0.2) is 12.4 Å². The van der Waals surface area contributed by atoms with E-state index in [1.54, 1.807) is 6.33 Å². The van der Waals surface area contributed by atoms with Crippen LogP contribution in [0.2, 0.25) is 0 Å². The van der Waals surface area contributed by atoms with Crippen molar-refractivity contribution in [1.82, 2.24) is 24.7 Å². The second kappa shape index (κ2) is 4.41. The molecule has 0 N–H and O–H groups in total. The van der Waals surface area contributed by atoms with Crippen molar-refractivity contribution >= 4 is 11.3 Å². The van der Waals surface area contributed by atoms with Crippen LogP contribution < -0.4 is 4.90 Å². The molecular formula is C14H20N6. The Morgan fingerprint density at radius 2 is 2.10 bits per heavy atom. The molecule has 6 heteroatoms. The molecule has 2 fully saturated rings. The molecule has 1 aliphatic heterocycles. The zero-order chi connectivity index (χ0) is 13.7. The van der Waals surface area contributed by atoms with Crippen molar-refractivity contribution in [2.45, 2.75) is 31.2 Å². The third kappa shape index (κ3) is 1.95. The summed E-state index contributed by atoms with van der Waals surface area (Å²) < 4.78 is 1.84. The highest BCUT2D eigenvalue weighted by molar-refractivity contribution is 5.69. The zero-order valence-corrected chi connectivity index (χ0v) is 12.0. The van der Waals surface area contributed by atoms with Crippen molar-refractivity contribution in [3.63, 3.8) is 0 Å². The number of anilines is 1. The van der Waals surface area contributed by atoms with Gasteiger partial charge in [0, 0.05) is 25.0 Å². The molecule has 1 saturated carbocycles. The smallest absolute Gasteiger partial charge is 0.200 e. The quantitative estimate of drug-likeness (QED) is 0.838. The van der Waals surface area contributed by atoms with E-state index in [2.05, 4.69) is 45.3 Å². The van der Waals surface area contributed by atoms with E-state index in [9.17, 15) is 0 Å². The second-order valence-corrected chi connectivity index (χ2v) is 6.18. The van der Waals surface area contributed by atoms with Gasteiger partial charge in [0.25, 0.3) is 0 Å². The monoisotopic (exact) mass is 272 g/mol. The van der Waals surface area contributed by atoms with Crippen LogP contribution >= 0.6 is 0 Å². The number of hydrogen-bond acceptors (Lipinski definition) is 5. The first-order valence-electron chi connectivity index (χ1n) is 7.34. The van der Waals surface area contributed by atoms with Gasteiger partial charge in [-0.15, -0.1) is 10.2 Å². The molecule has 106 valence electrons. The summed E-state index contributed by atoms with van der Waals surface area (Å²) in [7, 11) is 4.31. The molecule has 4 rings (SSSR count). The van der Waals surface area contributed by atoms with Gasteiger partial charge in [0.2, 0.25) is 5.65 Å². The van der Waals surface area contributed by atoms with E-state index >= 15 is 0 Å². The molecular weight excluding hydrogens is 252 g/mol. The third-order valence-corrected chi connectivity index (χ3v) is 4.50. The van der Waals surface area contributed by atoms with Crippen LogP contribution in [0, 0.1) is 0 Å². The minimum absolute atomic E-state index is 0.621. The van der Waals surface area contributed by atoms with Crippen LogP contribution in [-0.4, -0.2) is 57.9 Å². The molecule has 0 bridgehead atoms.